The Morgan fingerprint density at radius 3 is 3.00 bits per heavy atom. The second kappa shape index (κ2) is 2.23. The molecule has 0 fully saturated rings. The highest BCUT2D eigenvalue weighted by Gasteiger charge is 2.32. The van der Waals surface area contributed by atoms with E-state index in [-0.39, 0.29) is 11.4 Å². The molecular formula is C8H13N3O. The molecule has 1 aliphatic heterocycles. The van der Waals surface area contributed by atoms with Crippen molar-refractivity contribution in [2.75, 3.05) is 12.3 Å². The quantitative estimate of drug-likeness (QED) is 0.595. The van der Waals surface area contributed by atoms with E-state index in [9.17, 15) is 0 Å². The van der Waals surface area contributed by atoms with Crippen LogP contribution in [0.2, 0.25) is 0 Å². The van der Waals surface area contributed by atoms with Crippen molar-refractivity contribution in [3.05, 3.63) is 11.5 Å². The number of oxazole rings is 1. The van der Waals surface area contributed by atoms with Gasteiger partial charge in [-0.05, 0) is 0 Å². The van der Waals surface area contributed by atoms with E-state index < -0.39 is 0 Å². The van der Waals surface area contributed by atoms with Crippen molar-refractivity contribution < 1.29 is 4.42 Å². The van der Waals surface area contributed by atoms with Crippen LogP contribution in [0, 0.1) is 0 Å². The molecule has 3 N–H and O–H groups in total. The van der Waals surface area contributed by atoms with Crippen molar-refractivity contribution in [3.63, 3.8) is 0 Å². The van der Waals surface area contributed by atoms with Gasteiger partial charge in [0.05, 0.1) is 5.69 Å². The normalized spacial score (nSPS) is 20.5. The van der Waals surface area contributed by atoms with Crippen LogP contribution >= 0.6 is 0 Å². The Morgan fingerprint density at radius 2 is 2.33 bits per heavy atom. The summed E-state index contributed by atoms with van der Waals surface area (Å²) in [7, 11) is 0. The first-order chi connectivity index (χ1) is 5.59. The molecule has 1 aliphatic rings. The Labute approximate surface area is 71.2 Å². The lowest BCUT2D eigenvalue weighted by atomic mass is 9.86. The van der Waals surface area contributed by atoms with Gasteiger partial charge in [0.1, 0.15) is 5.76 Å². The van der Waals surface area contributed by atoms with Gasteiger partial charge < -0.3 is 15.5 Å². The molecule has 12 heavy (non-hydrogen) atoms. The van der Waals surface area contributed by atoms with Crippen molar-refractivity contribution in [1.82, 2.24) is 10.3 Å². The molecule has 0 aromatic carbocycles. The van der Waals surface area contributed by atoms with E-state index in [2.05, 4.69) is 24.1 Å². The Balaban J connectivity index is 2.51. The zero-order valence-electron chi connectivity index (χ0n) is 7.35. The van der Waals surface area contributed by atoms with Gasteiger partial charge in [0, 0.05) is 18.5 Å². The van der Waals surface area contributed by atoms with E-state index in [0.717, 1.165) is 24.5 Å². The number of anilines is 1. The number of hydrogen-bond acceptors (Lipinski definition) is 4. The number of hydrogen-bond donors (Lipinski definition) is 2. The minimum absolute atomic E-state index is 0.0121. The highest BCUT2D eigenvalue weighted by atomic mass is 16.4. The highest BCUT2D eigenvalue weighted by molar-refractivity contribution is 5.27. The van der Waals surface area contributed by atoms with Gasteiger partial charge in [-0.1, -0.05) is 13.8 Å². The maximum absolute atomic E-state index is 5.47. The minimum Gasteiger partial charge on any atom is -0.428 e. The molecule has 0 radical (unpaired) electrons. The van der Waals surface area contributed by atoms with Crippen LogP contribution in [0.25, 0.3) is 0 Å². The monoisotopic (exact) mass is 167 g/mol. The molecule has 0 saturated carbocycles. The molecule has 1 aromatic heterocycles. The van der Waals surface area contributed by atoms with E-state index in [1.807, 2.05) is 0 Å². The molecule has 4 nitrogen and oxygen atoms in total. The molecule has 1 aromatic rings. The van der Waals surface area contributed by atoms with E-state index in [1.165, 1.54) is 0 Å². The van der Waals surface area contributed by atoms with Crippen molar-refractivity contribution in [1.29, 1.82) is 0 Å². The lowest BCUT2D eigenvalue weighted by molar-refractivity contribution is 0.345. The Morgan fingerprint density at radius 1 is 1.58 bits per heavy atom. The van der Waals surface area contributed by atoms with Gasteiger partial charge in [-0.25, -0.2) is 0 Å². The van der Waals surface area contributed by atoms with Crippen molar-refractivity contribution in [3.8, 4) is 0 Å². The second-order valence-corrected chi connectivity index (χ2v) is 3.82. The van der Waals surface area contributed by atoms with Gasteiger partial charge in [0.25, 0.3) is 6.01 Å². The summed E-state index contributed by atoms with van der Waals surface area (Å²) in [5, 5.41) is 3.27. The second-order valence-electron chi connectivity index (χ2n) is 3.82. The van der Waals surface area contributed by atoms with Gasteiger partial charge in [-0.2, -0.15) is 4.98 Å². The average molecular weight is 167 g/mol. The summed E-state index contributed by atoms with van der Waals surface area (Å²) < 4.78 is 5.35. The van der Waals surface area contributed by atoms with Gasteiger partial charge in [-0.3, -0.25) is 0 Å². The average Bonchev–Trinajstić information content (AvgIpc) is 2.30. The summed E-state index contributed by atoms with van der Waals surface area (Å²) in [4.78, 5) is 4.10. The molecule has 2 heterocycles. The molecule has 0 amide bonds. The van der Waals surface area contributed by atoms with Crippen molar-refractivity contribution >= 4 is 6.01 Å². The number of aromatic nitrogens is 1. The zero-order chi connectivity index (χ0) is 8.77. The number of nitrogens with zero attached hydrogens (tertiary/aromatic N) is 1. The Hall–Kier alpha value is -1.03. The van der Waals surface area contributed by atoms with Crippen LogP contribution in [0.5, 0.6) is 0 Å². The summed E-state index contributed by atoms with van der Waals surface area (Å²) in [6, 6.07) is 0.275. The van der Waals surface area contributed by atoms with Crippen LogP contribution < -0.4 is 11.1 Å². The fourth-order valence-corrected chi connectivity index (χ4v) is 1.59. The lowest BCUT2D eigenvalue weighted by Crippen LogP contribution is -2.38. The molecule has 2 rings (SSSR count). The van der Waals surface area contributed by atoms with Crippen LogP contribution in [0.1, 0.15) is 25.3 Å². The predicted octanol–water partition coefficient (Wildman–Crippen LogP) is 0.638. The topological polar surface area (TPSA) is 64.1 Å². The van der Waals surface area contributed by atoms with Crippen molar-refractivity contribution in [2.45, 2.75) is 25.8 Å². The number of fused-ring (bicyclic) bond motifs is 1. The Kier molecular flexibility index (Phi) is 1.41. The number of nitrogens with one attached hydrogen (secondary N) is 1. The van der Waals surface area contributed by atoms with Crippen LogP contribution in [0.4, 0.5) is 6.01 Å². The molecule has 0 aliphatic carbocycles. The molecular weight excluding hydrogens is 154 g/mol. The van der Waals surface area contributed by atoms with Crippen LogP contribution in [-0.4, -0.2) is 11.5 Å². The standard InChI is InChI=1S/C8H13N3O/c1-8(2)4-10-3-5-6(8)12-7(9)11-5/h10H,3-4H2,1-2H3,(H2,9,11). The van der Waals surface area contributed by atoms with Crippen LogP contribution in [0.15, 0.2) is 4.42 Å². The number of nitrogens with two attached hydrogens (primary N) is 1. The van der Waals surface area contributed by atoms with E-state index in [1.54, 1.807) is 0 Å². The molecule has 4 heteroatoms. The first kappa shape index (κ1) is 7.61. The van der Waals surface area contributed by atoms with Crippen LogP contribution in [0.3, 0.4) is 0 Å². The predicted molar refractivity (Wildman–Crippen MR) is 45.6 cm³/mol. The van der Waals surface area contributed by atoms with Gasteiger partial charge in [-0.15, -0.1) is 0 Å². The fourth-order valence-electron chi connectivity index (χ4n) is 1.59. The first-order valence-corrected chi connectivity index (χ1v) is 4.06. The lowest BCUT2D eigenvalue weighted by Gasteiger charge is -2.27. The smallest absolute Gasteiger partial charge is 0.292 e. The first-order valence-electron chi connectivity index (χ1n) is 4.06. The fraction of sp³-hybridized carbons (Fsp3) is 0.625. The van der Waals surface area contributed by atoms with Gasteiger partial charge in [0.2, 0.25) is 0 Å². The number of nitrogen functional groups attached to an aromatic ring is 1. The third-order valence-electron chi connectivity index (χ3n) is 2.19. The largest absolute Gasteiger partial charge is 0.428 e. The van der Waals surface area contributed by atoms with Crippen LogP contribution in [-0.2, 0) is 12.0 Å². The maximum atomic E-state index is 5.47. The minimum atomic E-state index is 0.0121. The van der Waals surface area contributed by atoms with Crippen molar-refractivity contribution in [2.24, 2.45) is 0 Å². The highest BCUT2D eigenvalue weighted by Crippen LogP contribution is 2.30. The SMILES string of the molecule is CC1(C)CNCc2nc(N)oc21. The zero-order valence-corrected chi connectivity index (χ0v) is 7.35. The summed E-state index contributed by atoms with van der Waals surface area (Å²) in [5.74, 6) is 0.929. The van der Waals surface area contributed by atoms with Gasteiger partial charge in [0.15, 0.2) is 0 Å². The third kappa shape index (κ3) is 0.992. The summed E-state index contributed by atoms with van der Waals surface area (Å²) in [6.07, 6.45) is 0. The molecule has 0 spiro atoms. The molecule has 0 atom stereocenters. The molecule has 0 saturated heterocycles. The summed E-state index contributed by atoms with van der Waals surface area (Å²) in [5.41, 5.74) is 6.43. The molecule has 0 bridgehead atoms. The van der Waals surface area contributed by atoms with E-state index in [4.69, 9.17) is 10.2 Å². The molecule has 66 valence electrons. The third-order valence-corrected chi connectivity index (χ3v) is 2.19. The summed E-state index contributed by atoms with van der Waals surface area (Å²) >= 11 is 0. The Bertz CT molecular complexity index is 303. The maximum Gasteiger partial charge on any atom is 0.292 e. The summed E-state index contributed by atoms with van der Waals surface area (Å²) in [6.45, 7) is 5.90. The number of rotatable bonds is 0. The molecule has 0 unspecified atom stereocenters. The van der Waals surface area contributed by atoms with E-state index >= 15 is 0 Å². The van der Waals surface area contributed by atoms with Gasteiger partial charge >= 0.3 is 0 Å². The van der Waals surface area contributed by atoms with E-state index in [0.29, 0.717) is 0 Å².